The molecule has 15 heavy (non-hydrogen) atoms. The zero-order valence-electron chi connectivity index (χ0n) is 8.24. The Bertz CT molecular complexity index is 429. The van der Waals surface area contributed by atoms with E-state index in [1.165, 1.54) is 13.2 Å². The van der Waals surface area contributed by atoms with Gasteiger partial charge in [-0.25, -0.2) is 9.78 Å². The minimum absolute atomic E-state index is 0.000154. The number of ether oxygens (including phenoxy) is 1. The molecule has 2 rings (SSSR count). The van der Waals surface area contributed by atoms with Crippen LogP contribution in [-0.2, 0) is 11.3 Å². The molecule has 0 spiro atoms. The lowest BCUT2D eigenvalue weighted by atomic mass is 10.0. The van der Waals surface area contributed by atoms with Crippen LogP contribution in [0, 0.1) is 0 Å². The van der Waals surface area contributed by atoms with Crippen molar-refractivity contribution in [3.63, 3.8) is 0 Å². The van der Waals surface area contributed by atoms with Gasteiger partial charge < -0.3 is 10.1 Å². The summed E-state index contributed by atoms with van der Waals surface area (Å²) >= 11 is 0. The van der Waals surface area contributed by atoms with E-state index >= 15 is 0 Å². The van der Waals surface area contributed by atoms with Crippen LogP contribution >= 0.6 is 0 Å². The summed E-state index contributed by atoms with van der Waals surface area (Å²) < 4.78 is 4.55. The van der Waals surface area contributed by atoms with Crippen molar-refractivity contribution in [3.8, 4) is 0 Å². The van der Waals surface area contributed by atoms with Gasteiger partial charge in [-0.3, -0.25) is 4.79 Å². The summed E-state index contributed by atoms with van der Waals surface area (Å²) in [5.74, 6) is -0.490. The Morgan fingerprint density at radius 3 is 3.00 bits per heavy atom. The fraction of sp³-hybridized carbons (Fsp3) is 0.300. The molecule has 0 saturated carbocycles. The minimum Gasteiger partial charge on any atom is -0.464 e. The van der Waals surface area contributed by atoms with E-state index in [4.69, 9.17) is 0 Å². The number of Topliss-reactive ketones (excluding diaryl/α,β-unsaturated/α-hetero) is 1. The number of carbonyl (C=O) groups excluding carboxylic acids is 2. The van der Waals surface area contributed by atoms with Gasteiger partial charge in [-0.05, 0) is 12.1 Å². The molecule has 5 heteroatoms. The molecule has 1 N–H and O–H groups in total. The third kappa shape index (κ3) is 1.73. The van der Waals surface area contributed by atoms with E-state index in [9.17, 15) is 9.59 Å². The highest BCUT2D eigenvalue weighted by Crippen LogP contribution is 2.12. The molecule has 1 aromatic rings. The molecule has 0 unspecified atom stereocenters. The van der Waals surface area contributed by atoms with Gasteiger partial charge in [0.05, 0.1) is 19.3 Å². The predicted molar refractivity (Wildman–Crippen MR) is 51.6 cm³/mol. The SMILES string of the molecule is COC(=O)c1ccc2c(n1)CNCC2=O. The number of pyridine rings is 1. The highest BCUT2D eigenvalue weighted by atomic mass is 16.5. The Morgan fingerprint density at radius 2 is 2.27 bits per heavy atom. The maximum absolute atomic E-state index is 11.4. The Balaban J connectivity index is 2.41. The Hall–Kier alpha value is -1.75. The number of nitrogens with one attached hydrogen (secondary N) is 1. The van der Waals surface area contributed by atoms with E-state index < -0.39 is 5.97 Å². The highest BCUT2D eigenvalue weighted by Gasteiger charge is 2.19. The van der Waals surface area contributed by atoms with Crippen LogP contribution in [0.2, 0.25) is 0 Å². The largest absolute Gasteiger partial charge is 0.464 e. The van der Waals surface area contributed by atoms with Gasteiger partial charge >= 0.3 is 5.97 Å². The first-order chi connectivity index (χ1) is 7.22. The van der Waals surface area contributed by atoms with E-state index in [2.05, 4.69) is 15.0 Å². The van der Waals surface area contributed by atoms with Crippen molar-refractivity contribution in [1.82, 2.24) is 10.3 Å². The molecule has 2 heterocycles. The van der Waals surface area contributed by atoms with Crippen molar-refractivity contribution in [2.75, 3.05) is 13.7 Å². The molecule has 0 aliphatic carbocycles. The van der Waals surface area contributed by atoms with Crippen molar-refractivity contribution in [3.05, 3.63) is 29.1 Å². The number of rotatable bonds is 1. The van der Waals surface area contributed by atoms with Crippen LogP contribution in [0.25, 0.3) is 0 Å². The fourth-order valence-electron chi connectivity index (χ4n) is 1.50. The van der Waals surface area contributed by atoms with Crippen LogP contribution < -0.4 is 5.32 Å². The quantitative estimate of drug-likeness (QED) is 0.662. The molecular formula is C10H10N2O3. The summed E-state index contributed by atoms with van der Waals surface area (Å²) in [6.07, 6.45) is 0. The molecule has 1 aliphatic heterocycles. The molecule has 0 atom stereocenters. The van der Waals surface area contributed by atoms with E-state index in [1.54, 1.807) is 6.07 Å². The number of hydrogen-bond acceptors (Lipinski definition) is 5. The number of methoxy groups -OCH3 is 1. The molecule has 0 aromatic carbocycles. The van der Waals surface area contributed by atoms with Crippen molar-refractivity contribution in [2.45, 2.75) is 6.54 Å². The second-order valence-corrected chi connectivity index (χ2v) is 3.21. The maximum Gasteiger partial charge on any atom is 0.356 e. The smallest absolute Gasteiger partial charge is 0.356 e. The Kier molecular flexibility index (Phi) is 2.47. The first-order valence-corrected chi connectivity index (χ1v) is 4.54. The Labute approximate surface area is 86.5 Å². The summed E-state index contributed by atoms with van der Waals surface area (Å²) in [5.41, 5.74) is 1.42. The lowest BCUT2D eigenvalue weighted by Crippen LogP contribution is -2.31. The summed E-state index contributed by atoms with van der Waals surface area (Å²) in [5, 5.41) is 2.91. The van der Waals surface area contributed by atoms with E-state index in [0.717, 1.165) is 0 Å². The molecule has 0 bridgehead atoms. The van der Waals surface area contributed by atoms with Crippen LogP contribution in [0.5, 0.6) is 0 Å². The normalized spacial score (nSPS) is 14.6. The van der Waals surface area contributed by atoms with Crippen molar-refractivity contribution < 1.29 is 14.3 Å². The fourth-order valence-corrected chi connectivity index (χ4v) is 1.50. The van der Waals surface area contributed by atoms with Gasteiger partial charge in [-0.2, -0.15) is 0 Å². The lowest BCUT2D eigenvalue weighted by Gasteiger charge is -2.15. The number of aromatic nitrogens is 1. The average molecular weight is 206 g/mol. The maximum atomic E-state index is 11.4. The second-order valence-electron chi connectivity index (χ2n) is 3.21. The number of ketones is 1. The first kappa shape index (κ1) is 9.79. The summed E-state index contributed by atoms with van der Waals surface area (Å²) in [6.45, 7) is 0.832. The molecule has 5 nitrogen and oxygen atoms in total. The van der Waals surface area contributed by atoms with E-state index in [1.807, 2.05) is 0 Å². The van der Waals surface area contributed by atoms with Gasteiger partial charge in [0.15, 0.2) is 5.78 Å². The molecule has 1 aliphatic rings. The minimum atomic E-state index is -0.490. The summed E-state index contributed by atoms with van der Waals surface area (Å²) in [7, 11) is 1.30. The molecule has 0 radical (unpaired) electrons. The summed E-state index contributed by atoms with van der Waals surface area (Å²) in [4.78, 5) is 26.7. The van der Waals surface area contributed by atoms with Crippen molar-refractivity contribution >= 4 is 11.8 Å². The monoisotopic (exact) mass is 206 g/mol. The average Bonchev–Trinajstić information content (AvgIpc) is 2.28. The van der Waals surface area contributed by atoms with Gasteiger partial charge in [-0.15, -0.1) is 0 Å². The number of esters is 1. The second kappa shape index (κ2) is 3.78. The number of nitrogens with zero attached hydrogens (tertiary/aromatic N) is 1. The Morgan fingerprint density at radius 1 is 1.47 bits per heavy atom. The molecule has 78 valence electrons. The topological polar surface area (TPSA) is 68.3 Å². The van der Waals surface area contributed by atoms with Crippen LogP contribution in [0.1, 0.15) is 26.5 Å². The lowest BCUT2D eigenvalue weighted by molar-refractivity contribution is 0.0593. The standard InChI is InChI=1S/C10H10N2O3/c1-15-10(14)7-3-2-6-8(12-7)4-11-5-9(6)13/h2-3,11H,4-5H2,1H3. The zero-order valence-corrected chi connectivity index (χ0v) is 8.24. The van der Waals surface area contributed by atoms with Gasteiger partial charge in [0.2, 0.25) is 0 Å². The third-order valence-electron chi connectivity index (χ3n) is 2.25. The van der Waals surface area contributed by atoms with Crippen LogP contribution in [0.15, 0.2) is 12.1 Å². The number of fused-ring (bicyclic) bond motifs is 1. The van der Waals surface area contributed by atoms with E-state index in [0.29, 0.717) is 24.3 Å². The van der Waals surface area contributed by atoms with Gasteiger partial charge in [0.25, 0.3) is 0 Å². The van der Waals surface area contributed by atoms with E-state index in [-0.39, 0.29) is 11.5 Å². The van der Waals surface area contributed by atoms with Gasteiger partial charge in [0, 0.05) is 12.1 Å². The van der Waals surface area contributed by atoms with Gasteiger partial charge in [0.1, 0.15) is 5.69 Å². The molecule has 1 aromatic heterocycles. The van der Waals surface area contributed by atoms with Gasteiger partial charge in [-0.1, -0.05) is 0 Å². The number of carbonyl (C=O) groups is 2. The van der Waals surface area contributed by atoms with Crippen molar-refractivity contribution in [1.29, 1.82) is 0 Å². The molecule has 0 fully saturated rings. The van der Waals surface area contributed by atoms with Crippen LogP contribution in [0.4, 0.5) is 0 Å². The highest BCUT2D eigenvalue weighted by molar-refractivity contribution is 6.00. The molecular weight excluding hydrogens is 196 g/mol. The zero-order chi connectivity index (χ0) is 10.8. The number of hydrogen-bond donors (Lipinski definition) is 1. The predicted octanol–water partition coefficient (Wildman–Crippen LogP) is 0.154. The first-order valence-electron chi connectivity index (χ1n) is 4.54. The van der Waals surface area contributed by atoms with Crippen molar-refractivity contribution in [2.24, 2.45) is 0 Å². The molecule has 0 amide bonds. The summed E-state index contributed by atoms with van der Waals surface area (Å²) in [6, 6.07) is 3.13. The molecule has 0 saturated heterocycles. The van der Waals surface area contributed by atoms with Crippen LogP contribution in [0.3, 0.4) is 0 Å². The van der Waals surface area contributed by atoms with Crippen LogP contribution in [-0.4, -0.2) is 30.4 Å². The third-order valence-corrected chi connectivity index (χ3v) is 2.25.